The van der Waals surface area contributed by atoms with Gasteiger partial charge in [0.2, 0.25) is 5.91 Å². The molecule has 0 unspecified atom stereocenters. The second kappa shape index (κ2) is 9.78. The minimum atomic E-state index is -0.553. The molecule has 2 rings (SSSR count). The standard InChI is InChI=1S/C19H21Cl2FN2O3/c1-11(13-7-16(22)15(21)8-14(13)20)23-10-19(25)24-9-12-4-5-17(26-2)18(6-12)27-3/h4-8,11,23H,9-10H2,1-3H3,(H,24,25)/t11-/m1/s1. The van der Waals surface area contributed by atoms with Gasteiger partial charge >= 0.3 is 0 Å². The number of carbonyl (C=O) groups is 1. The van der Waals surface area contributed by atoms with Gasteiger partial charge in [0.1, 0.15) is 5.82 Å². The SMILES string of the molecule is COc1ccc(CNC(=O)CN[C@H](C)c2cc(F)c(Cl)cc2Cl)cc1OC. The number of hydrogen-bond donors (Lipinski definition) is 2. The van der Waals surface area contributed by atoms with Crippen LogP contribution in [0.5, 0.6) is 11.5 Å². The number of nitrogens with one attached hydrogen (secondary N) is 2. The van der Waals surface area contributed by atoms with Crippen molar-refractivity contribution in [2.75, 3.05) is 20.8 Å². The average molecular weight is 415 g/mol. The number of ether oxygens (including phenoxy) is 2. The molecule has 0 fully saturated rings. The molecule has 0 radical (unpaired) electrons. The summed E-state index contributed by atoms with van der Waals surface area (Å²) in [7, 11) is 3.11. The molecular weight excluding hydrogens is 394 g/mol. The van der Waals surface area contributed by atoms with Crippen molar-refractivity contribution in [2.24, 2.45) is 0 Å². The highest BCUT2D eigenvalue weighted by molar-refractivity contribution is 6.35. The first-order valence-corrected chi connectivity index (χ1v) is 8.96. The lowest BCUT2D eigenvalue weighted by Crippen LogP contribution is -2.34. The summed E-state index contributed by atoms with van der Waals surface area (Å²) in [5, 5.41) is 6.12. The summed E-state index contributed by atoms with van der Waals surface area (Å²) in [4.78, 5) is 12.1. The van der Waals surface area contributed by atoms with Gasteiger partial charge in [0.05, 0.1) is 25.8 Å². The van der Waals surface area contributed by atoms with Gasteiger partial charge in [-0.05, 0) is 42.3 Å². The molecule has 0 saturated heterocycles. The zero-order chi connectivity index (χ0) is 20.0. The van der Waals surface area contributed by atoms with Crippen LogP contribution in [0.4, 0.5) is 4.39 Å². The van der Waals surface area contributed by atoms with Crippen molar-refractivity contribution in [2.45, 2.75) is 19.5 Å². The first-order chi connectivity index (χ1) is 12.8. The van der Waals surface area contributed by atoms with Crippen LogP contribution in [0.1, 0.15) is 24.1 Å². The highest BCUT2D eigenvalue weighted by Crippen LogP contribution is 2.29. The molecule has 1 atom stereocenters. The molecule has 0 heterocycles. The molecule has 0 bridgehead atoms. The summed E-state index contributed by atoms with van der Waals surface area (Å²) < 4.78 is 24.0. The molecule has 0 aliphatic carbocycles. The normalized spacial score (nSPS) is 11.8. The Morgan fingerprint density at radius 2 is 1.81 bits per heavy atom. The Kier molecular flexibility index (Phi) is 7.71. The lowest BCUT2D eigenvalue weighted by molar-refractivity contribution is -0.120. The van der Waals surface area contributed by atoms with Crippen LogP contribution in [-0.2, 0) is 11.3 Å². The zero-order valence-corrected chi connectivity index (χ0v) is 16.7. The maximum absolute atomic E-state index is 13.6. The number of methoxy groups -OCH3 is 2. The van der Waals surface area contributed by atoms with Crippen molar-refractivity contribution in [3.05, 3.63) is 57.3 Å². The fourth-order valence-corrected chi connectivity index (χ4v) is 3.03. The first-order valence-electron chi connectivity index (χ1n) is 8.21. The van der Waals surface area contributed by atoms with Gasteiger partial charge in [0, 0.05) is 17.6 Å². The third kappa shape index (κ3) is 5.73. The van der Waals surface area contributed by atoms with Crippen LogP contribution in [-0.4, -0.2) is 26.7 Å². The van der Waals surface area contributed by atoms with Gasteiger partial charge in [-0.2, -0.15) is 0 Å². The minimum Gasteiger partial charge on any atom is -0.493 e. The third-order valence-corrected chi connectivity index (χ3v) is 4.63. The number of benzene rings is 2. The second-order valence-corrected chi connectivity index (χ2v) is 6.67. The molecule has 0 spiro atoms. The van der Waals surface area contributed by atoms with Crippen molar-refractivity contribution < 1.29 is 18.7 Å². The van der Waals surface area contributed by atoms with E-state index < -0.39 is 5.82 Å². The average Bonchev–Trinajstić information content (AvgIpc) is 2.66. The van der Waals surface area contributed by atoms with Gasteiger partial charge in [-0.3, -0.25) is 4.79 Å². The Morgan fingerprint density at radius 1 is 1.11 bits per heavy atom. The summed E-state index contributed by atoms with van der Waals surface area (Å²) >= 11 is 11.8. The van der Waals surface area contributed by atoms with Crippen LogP contribution in [0, 0.1) is 5.82 Å². The summed E-state index contributed by atoms with van der Waals surface area (Å²) in [6, 6.07) is 7.71. The van der Waals surface area contributed by atoms with Crippen LogP contribution in [0.15, 0.2) is 30.3 Å². The molecule has 0 aliphatic heterocycles. The van der Waals surface area contributed by atoms with Crippen LogP contribution >= 0.6 is 23.2 Å². The number of carbonyl (C=O) groups excluding carboxylic acids is 1. The van der Waals surface area contributed by atoms with E-state index in [1.165, 1.54) is 12.1 Å². The summed E-state index contributed by atoms with van der Waals surface area (Å²) in [5.41, 5.74) is 1.41. The van der Waals surface area contributed by atoms with Crippen molar-refractivity contribution in [3.8, 4) is 11.5 Å². The molecule has 1 amide bonds. The maximum Gasteiger partial charge on any atom is 0.234 e. The van der Waals surface area contributed by atoms with Gasteiger partial charge in [0.15, 0.2) is 11.5 Å². The Labute approximate surface area is 167 Å². The number of halogens is 3. The van der Waals surface area contributed by atoms with Gasteiger partial charge < -0.3 is 20.1 Å². The predicted octanol–water partition coefficient (Wildman–Crippen LogP) is 4.12. The molecule has 0 aliphatic rings. The lowest BCUT2D eigenvalue weighted by Gasteiger charge is -2.16. The molecule has 8 heteroatoms. The molecule has 2 N–H and O–H groups in total. The van der Waals surface area contributed by atoms with E-state index in [1.54, 1.807) is 33.3 Å². The second-order valence-electron chi connectivity index (χ2n) is 5.86. The van der Waals surface area contributed by atoms with E-state index in [2.05, 4.69) is 10.6 Å². The number of hydrogen-bond acceptors (Lipinski definition) is 4. The molecule has 2 aromatic rings. The summed E-state index contributed by atoms with van der Waals surface area (Å²) in [6.07, 6.45) is 0. The van der Waals surface area contributed by atoms with Gasteiger partial charge in [-0.15, -0.1) is 0 Å². The van der Waals surface area contributed by atoms with Crippen LogP contribution in [0.3, 0.4) is 0 Å². The maximum atomic E-state index is 13.6. The zero-order valence-electron chi connectivity index (χ0n) is 15.2. The molecule has 2 aromatic carbocycles. The molecule has 5 nitrogen and oxygen atoms in total. The Hall–Kier alpha value is -2.02. The van der Waals surface area contributed by atoms with Crippen molar-refractivity contribution in [1.82, 2.24) is 10.6 Å². The fourth-order valence-electron chi connectivity index (χ4n) is 2.48. The minimum absolute atomic E-state index is 0.0383. The quantitative estimate of drug-likeness (QED) is 0.637. The van der Waals surface area contributed by atoms with E-state index in [0.717, 1.165) is 5.56 Å². The smallest absolute Gasteiger partial charge is 0.234 e. The van der Waals surface area contributed by atoms with Gasteiger partial charge in [-0.25, -0.2) is 4.39 Å². The van der Waals surface area contributed by atoms with E-state index >= 15 is 0 Å². The number of amides is 1. The Balaban J connectivity index is 1.88. The highest BCUT2D eigenvalue weighted by Gasteiger charge is 2.14. The number of rotatable bonds is 8. The van der Waals surface area contributed by atoms with E-state index in [9.17, 15) is 9.18 Å². The highest BCUT2D eigenvalue weighted by atomic mass is 35.5. The molecular formula is C19H21Cl2FN2O3. The van der Waals surface area contributed by atoms with E-state index in [1.807, 2.05) is 6.07 Å². The van der Waals surface area contributed by atoms with Crippen LogP contribution in [0.25, 0.3) is 0 Å². The largest absolute Gasteiger partial charge is 0.493 e. The fraction of sp³-hybridized carbons (Fsp3) is 0.316. The van der Waals surface area contributed by atoms with Crippen molar-refractivity contribution in [1.29, 1.82) is 0 Å². The van der Waals surface area contributed by atoms with Gasteiger partial charge in [-0.1, -0.05) is 29.3 Å². The lowest BCUT2D eigenvalue weighted by atomic mass is 10.1. The van der Waals surface area contributed by atoms with E-state index in [-0.39, 0.29) is 23.5 Å². The van der Waals surface area contributed by atoms with Crippen LogP contribution in [0.2, 0.25) is 10.0 Å². The molecule has 146 valence electrons. The molecule has 0 saturated carbocycles. The molecule has 0 aromatic heterocycles. The summed E-state index contributed by atoms with van der Waals surface area (Å²) in [6.45, 7) is 2.18. The first kappa shape index (κ1) is 21.3. The van der Waals surface area contributed by atoms with Crippen molar-refractivity contribution in [3.63, 3.8) is 0 Å². The van der Waals surface area contributed by atoms with Crippen molar-refractivity contribution >= 4 is 29.1 Å². The van der Waals surface area contributed by atoms with Crippen LogP contribution < -0.4 is 20.1 Å². The third-order valence-electron chi connectivity index (χ3n) is 4.01. The topological polar surface area (TPSA) is 59.6 Å². The van der Waals surface area contributed by atoms with E-state index in [4.69, 9.17) is 32.7 Å². The van der Waals surface area contributed by atoms with E-state index in [0.29, 0.717) is 28.6 Å². The summed E-state index contributed by atoms with van der Waals surface area (Å²) in [5.74, 6) is 0.454. The Bertz CT molecular complexity index is 818. The van der Waals surface area contributed by atoms with Gasteiger partial charge in [0.25, 0.3) is 0 Å². The monoisotopic (exact) mass is 414 g/mol. The Morgan fingerprint density at radius 3 is 2.48 bits per heavy atom. The molecule has 27 heavy (non-hydrogen) atoms. The predicted molar refractivity (Wildman–Crippen MR) is 104 cm³/mol.